The average Bonchev–Trinajstić information content (AvgIpc) is 3.04. The van der Waals surface area contributed by atoms with Crippen molar-refractivity contribution in [2.24, 2.45) is 0 Å². The number of thiocarbonyl (C=S) groups is 1. The maximum Gasteiger partial charge on any atom is 0.267 e. The summed E-state index contributed by atoms with van der Waals surface area (Å²) >= 11 is 6.52. The molecule has 1 aliphatic heterocycles. The minimum atomic E-state index is -0.238. The van der Waals surface area contributed by atoms with Gasteiger partial charge in [0, 0.05) is 18.8 Å². The number of aryl methyl sites for hydroxylation is 1. The molecule has 0 radical (unpaired) electrons. The Morgan fingerprint density at radius 2 is 1.94 bits per heavy atom. The van der Waals surface area contributed by atoms with Crippen molar-refractivity contribution in [3.8, 4) is 0 Å². The lowest BCUT2D eigenvalue weighted by atomic mass is 10.1. The number of hydrogen-bond acceptors (Lipinski definition) is 6. The fraction of sp³-hybridized carbons (Fsp3) is 0.217. The number of pyridine rings is 1. The normalized spacial score (nSPS) is 16.4. The van der Waals surface area contributed by atoms with E-state index in [-0.39, 0.29) is 17.5 Å². The van der Waals surface area contributed by atoms with Crippen LogP contribution in [0.5, 0.6) is 0 Å². The van der Waals surface area contributed by atoms with E-state index in [1.807, 2.05) is 63.2 Å². The molecule has 1 fully saturated rings. The van der Waals surface area contributed by atoms with Crippen LogP contribution in [0.15, 0.2) is 58.4 Å². The molecule has 6 nitrogen and oxygen atoms in total. The fourth-order valence-corrected chi connectivity index (χ4v) is 4.85. The third-order valence-electron chi connectivity index (χ3n) is 5.20. The molecule has 0 bridgehead atoms. The number of aromatic nitrogens is 2. The Morgan fingerprint density at radius 3 is 2.61 bits per heavy atom. The summed E-state index contributed by atoms with van der Waals surface area (Å²) in [5.41, 5.74) is 2.63. The lowest BCUT2D eigenvalue weighted by molar-refractivity contribution is -0.121. The summed E-state index contributed by atoms with van der Waals surface area (Å²) in [5.74, 6) is 0.255. The third-order valence-corrected chi connectivity index (χ3v) is 6.58. The van der Waals surface area contributed by atoms with Gasteiger partial charge in [0.1, 0.15) is 15.8 Å². The molecule has 1 aliphatic rings. The van der Waals surface area contributed by atoms with Gasteiger partial charge in [-0.1, -0.05) is 60.4 Å². The molecule has 1 saturated heterocycles. The number of hydrogen-bond donors (Lipinski definition) is 1. The van der Waals surface area contributed by atoms with Gasteiger partial charge in [0.2, 0.25) is 0 Å². The number of anilines is 1. The van der Waals surface area contributed by atoms with Gasteiger partial charge >= 0.3 is 0 Å². The van der Waals surface area contributed by atoms with E-state index in [0.717, 1.165) is 11.1 Å². The minimum Gasteiger partial charge on any atom is -0.363 e. The number of fused-ring (bicyclic) bond motifs is 1. The van der Waals surface area contributed by atoms with Gasteiger partial charge in [-0.15, -0.1) is 0 Å². The number of carbonyl (C=O) groups excluding carboxylic acids is 1. The van der Waals surface area contributed by atoms with Gasteiger partial charge in [-0.05, 0) is 44.0 Å². The first-order valence-electron chi connectivity index (χ1n) is 9.99. The Balaban J connectivity index is 1.87. The van der Waals surface area contributed by atoms with Crippen molar-refractivity contribution in [1.82, 2.24) is 14.3 Å². The Bertz CT molecular complexity index is 1270. The number of nitrogens with zero attached hydrogens (tertiary/aromatic N) is 3. The van der Waals surface area contributed by atoms with Crippen LogP contribution in [0, 0.1) is 6.92 Å². The van der Waals surface area contributed by atoms with E-state index in [9.17, 15) is 9.59 Å². The van der Waals surface area contributed by atoms with Crippen molar-refractivity contribution in [3.63, 3.8) is 0 Å². The maximum absolute atomic E-state index is 13.4. The lowest BCUT2D eigenvalue weighted by Crippen LogP contribution is -2.27. The zero-order valence-corrected chi connectivity index (χ0v) is 19.1. The van der Waals surface area contributed by atoms with Gasteiger partial charge in [0.25, 0.3) is 11.5 Å². The first-order chi connectivity index (χ1) is 14.9. The summed E-state index contributed by atoms with van der Waals surface area (Å²) in [6.45, 7) is 6.29. The van der Waals surface area contributed by atoms with Gasteiger partial charge in [-0.3, -0.25) is 18.9 Å². The molecule has 1 unspecified atom stereocenters. The standard InChI is InChI=1S/C23H22N4O2S2/c1-4-26-22(29)18(31-23(26)30)13-17-19(24-15(3)16-10-6-5-7-11-16)25-20-14(2)9-8-12-27(20)21(17)28/h5-13,15,24H,4H2,1-3H3. The van der Waals surface area contributed by atoms with Crippen LogP contribution in [-0.2, 0) is 4.79 Å². The van der Waals surface area contributed by atoms with Gasteiger partial charge in [-0.2, -0.15) is 0 Å². The summed E-state index contributed by atoms with van der Waals surface area (Å²) in [5, 5.41) is 3.38. The highest BCUT2D eigenvalue weighted by Gasteiger charge is 2.31. The van der Waals surface area contributed by atoms with Crippen LogP contribution in [-0.4, -0.2) is 31.1 Å². The van der Waals surface area contributed by atoms with E-state index in [2.05, 4.69) is 5.32 Å². The van der Waals surface area contributed by atoms with Crippen molar-refractivity contribution in [2.75, 3.05) is 11.9 Å². The van der Waals surface area contributed by atoms with Crippen molar-refractivity contribution in [1.29, 1.82) is 0 Å². The summed E-state index contributed by atoms with van der Waals surface area (Å²) in [6, 6.07) is 13.6. The Morgan fingerprint density at radius 1 is 1.19 bits per heavy atom. The molecule has 1 aromatic carbocycles. The van der Waals surface area contributed by atoms with Gasteiger partial charge in [0.15, 0.2) is 0 Å². The van der Waals surface area contributed by atoms with Crippen LogP contribution < -0.4 is 10.9 Å². The number of likely N-dealkylation sites (N-methyl/N-ethyl adjacent to an activating group) is 1. The van der Waals surface area contributed by atoms with Crippen LogP contribution in [0.3, 0.4) is 0 Å². The average molecular weight is 451 g/mol. The summed E-state index contributed by atoms with van der Waals surface area (Å²) < 4.78 is 2.01. The largest absolute Gasteiger partial charge is 0.363 e. The monoisotopic (exact) mass is 450 g/mol. The quantitative estimate of drug-likeness (QED) is 0.459. The zero-order valence-electron chi connectivity index (χ0n) is 17.5. The highest BCUT2D eigenvalue weighted by molar-refractivity contribution is 8.26. The summed E-state index contributed by atoms with van der Waals surface area (Å²) in [6.07, 6.45) is 3.30. The highest BCUT2D eigenvalue weighted by atomic mass is 32.2. The smallest absolute Gasteiger partial charge is 0.267 e. The van der Waals surface area contributed by atoms with E-state index in [0.29, 0.717) is 32.8 Å². The molecule has 3 aromatic rings. The predicted molar refractivity (Wildman–Crippen MR) is 130 cm³/mol. The molecule has 3 heterocycles. The van der Waals surface area contributed by atoms with E-state index in [1.165, 1.54) is 21.1 Å². The van der Waals surface area contributed by atoms with Gasteiger partial charge in [0.05, 0.1) is 10.5 Å². The topological polar surface area (TPSA) is 66.7 Å². The van der Waals surface area contributed by atoms with Crippen LogP contribution in [0.1, 0.15) is 36.6 Å². The van der Waals surface area contributed by atoms with Crippen molar-refractivity contribution in [3.05, 3.63) is 80.6 Å². The second kappa shape index (κ2) is 8.64. The molecule has 4 rings (SSSR count). The van der Waals surface area contributed by atoms with Crippen molar-refractivity contribution in [2.45, 2.75) is 26.8 Å². The van der Waals surface area contributed by atoms with Crippen molar-refractivity contribution < 1.29 is 4.79 Å². The molecule has 1 N–H and O–H groups in total. The summed E-state index contributed by atoms with van der Waals surface area (Å²) in [7, 11) is 0. The first-order valence-corrected chi connectivity index (χ1v) is 11.2. The van der Waals surface area contributed by atoms with Crippen LogP contribution >= 0.6 is 24.0 Å². The number of rotatable bonds is 5. The van der Waals surface area contributed by atoms with Crippen LogP contribution in [0.4, 0.5) is 5.82 Å². The zero-order chi connectivity index (χ0) is 22.1. The molecule has 31 heavy (non-hydrogen) atoms. The SMILES string of the molecule is CCN1C(=O)C(=Cc2c(NC(C)c3ccccc3)nc3c(C)cccn3c2=O)SC1=S. The molecule has 0 aliphatic carbocycles. The number of thioether (sulfide) groups is 1. The van der Waals surface area contributed by atoms with Crippen LogP contribution in [0.2, 0.25) is 0 Å². The van der Waals surface area contributed by atoms with E-state index in [4.69, 9.17) is 17.2 Å². The molecule has 158 valence electrons. The molecule has 2 aromatic heterocycles. The van der Waals surface area contributed by atoms with Gasteiger partial charge < -0.3 is 5.32 Å². The maximum atomic E-state index is 13.4. The second-order valence-corrected chi connectivity index (χ2v) is 8.94. The molecule has 8 heteroatoms. The summed E-state index contributed by atoms with van der Waals surface area (Å²) in [4.78, 5) is 32.9. The number of nitrogens with one attached hydrogen (secondary N) is 1. The number of benzene rings is 1. The Labute approximate surface area is 190 Å². The van der Waals surface area contributed by atoms with Gasteiger partial charge in [-0.25, -0.2) is 4.98 Å². The molecular formula is C23H22N4O2S2. The number of amides is 1. The van der Waals surface area contributed by atoms with E-state index < -0.39 is 0 Å². The molecule has 1 atom stereocenters. The predicted octanol–water partition coefficient (Wildman–Crippen LogP) is 4.40. The highest BCUT2D eigenvalue weighted by Crippen LogP contribution is 2.33. The van der Waals surface area contributed by atoms with E-state index in [1.54, 1.807) is 12.3 Å². The van der Waals surface area contributed by atoms with Crippen molar-refractivity contribution >= 4 is 51.7 Å². The minimum absolute atomic E-state index is 0.0862. The molecular weight excluding hydrogens is 428 g/mol. The Hall–Kier alpha value is -2.97. The molecule has 0 saturated carbocycles. The first kappa shape index (κ1) is 21.3. The molecule has 0 spiro atoms. The van der Waals surface area contributed by atoms with Crippen LogP contribution in [0.25, 0.3) is 11.7 Å². The third kappa shape index (κ3) is 4.00. The number of carbonyl (C=O) groups is 1. The second-order valence-electron chi connectivity index (χ2n) is 7.27. The Kier molecular flexibility index (Phi) is 5.93. The molecule has 1 amide bonds. The lowest BCUT2D eigenvalue weighted by Gasteiger charge is -2.18. The van der Waals surface area contributed by atoms with E-state index >= 15 is 0 Å². The fourth-order valence-electron chi connectivity index (χ4n) is 3.49.